The average Bonchev–Trinajstić information content (AvgIpc) is 1.65. The first-order chi connectivity index (χ1) is 53.9. The lowest BCUT2D eigenvalue weighted by Crippen LogP contribution is -2.35. The molecule has 4 amide bonds. The highest BCUT2D eigenvalue weighted by atomic mass is 35.5. The molecule has 0 saturated heterocycles. The molecule has 3 heterocycles. The van der Waals surface area contributed by atoms with E-state index in [0.717, 1.165) is 53.8 Å². The zero-order valence-corrected chi connectivity index (χ0v) is 65.9. The van der Waals surface area contributed by atoms with Crippen molar-refractivity contribution in [3.8, 4) is 34.5 Å². The van der Waals surface area contributed by atoms with Crippen molar-refractivity contribution in [3.05, 3.63) is 244 Å². The molecular weight excluding hydrogens is 1600 g/mol. The molecule has 22 nitrogen and oxygen atoms in total. The summed E-state index contributed by atoms with van der Waals surface area (Å²) in [6.45, 7) is 8.44. The summed E-state index contributed by atoms with van der Waals surface area (Å²) in [5, 5.41) is 11.6. The SMILES string of the molecule is CC(N)=NCCC(NC(=O)C(=O)Cc1ccc(Cl)c(F)c1)c1ccc(Cl)cc1Cl.CC(N)=NCCC(NC(=O)C(=O)Cc1ccc(Cl)c(F)c1)c1ccc2c(c1)OCO2.CCCC(NC(=O)C(=O)Cc1ccc(Cl)c(F)c1)c1ccc2c(c1)OCO2.CCCC(NC(=O)C(=O)Cc1ccc(Cl)c(F)c1)c1ccc2c(c1)OCO2. The van der Waals surface area contributed by atoms with Crippen LogP contribution >= 0.6 is 69.6 Å². The van der Waals surface area contributed by atoms with Crippen molar-refractivity contribution >= 4 is 128 Å². The molecule has 0 radical (unpaired) electrons. The Morgan fingerprint density at radius 1 is 0.363 bits per heavy atom. The van der Waals surface area contributed by atoms with Gasteiger partial charge in [-0.2, -0.15) is 0 Å². The normalized spacial score (nSPS) is 13.2. The molecule has 8 aromatic rings. The minimum absolute atomic E-state index is 0.0264. The number of nitrogens with one attached hydrogen (secondary N) is 4. The van der Waals surface area contributed by atoms with Gasteiger partial charge in [0.2, 0.25) is 43.5 Å². The third-order valence-electron chi connectivity index (χ3n) is 17.1. The predicted octanol–water partition coefficient (Wildman–Crippen LogP) is 15.4. The topological polar surface area (TPSA) is 317 Å². The first-order valence-corrected chi connectivity index (χ1v) is 37.5. The van der Waals surface area contributed by atoms with E-state index in [1.165, 1.54) is 48.5 Å². The number of benzene rings is 8. The van der Waals surface area contributed by atoms with Gasteiger partial charge in [0, 0.05) is 48.8 Å². The molecule has 113 heavy (non-hydrogen) atoms. The number of hydrogen-bond acceptors (Lipinski definition) is 16. The number of halogens is 10. The Balaban J connectivity index is 0.000000189. The van der Waals surface area contributed by atoms with Crippen LogP contribution < -0.4 is 61.2 Å². The predicted molar refractivity (Wildman–Crippen MR) is 422 cm³/mol. The van der Waals surface area contributed by atoms with Crippen LogP contribution in [0.1, 0.15) is 135 Å². The quantitative estimate of drug-likeness (QED) is 0.0105. The second-order valence-corrected chi connectivity index (χ2v) is 28.2. The number of rotatable bonds is 30. The molecule has 0 aromatic heterocycles. The van der Waals surface area contributed by atoms with Crippen molar-refractivity contribution in [1.82, 2.24) is 21.3 Å². The van der Waals surface area contributed by atoms with Gasteiger partial charge in [0.25, 0.3) is 23.6 Å². The van der Waals surface area contributed by atoms with E-state index in [1.807, 2.05) is 38.1 Å². The third-order valence-corrected chi connectivity index (χ3v) is 18.9. The van der Waals surface area contributed by atoms with Crippen molar-refractivity contribution in [3.63, 3.8) is 0 Å². The number of ether oxygens (including phenoxy) is 6. The number of nitrogens with zero attached hydrogens (tertiary/aromatic N) is 2. The zero-order valence-electron chi connectivity index (χ0n) is 61.3. The van der Waals surface area contributed by atoms with E-state index in [-0.39, 0.29) is 78.2 Å². The molecule has 3 aliphatic rings. The Hall–Kier alpha value is -10.5. The zero-order chi connectivity index (χ0) is 82.0. The first-order valence-electron chi connectivity index (χ1n) is 35.2. The number of amidine groups is 2. The molecule has 8 N–H and O–H groups in total. The van der Waals surface area contributed by atoms with E-state index >= 15 is 0 Å². The average molecular weight is 1680 g/mol. The van der Waals surface area contributed by atoms with Crippen LogP contribution in [-0.2, 0) is 64.0 Å². The highest BCUT2D eigenvalue weighted by Crippen LogP contribution is 2.38. The number of aliphatic imine (C=N–C) groups is 2. The van der Waals surface area contributed by atoms with Crippen molar-refractivity contribution in [1.29, 1.82) is 0 Å². The molecule has 4 atom stereocenters. The molecule has 4 unspecified atom stereocenters. The molecule has 32 heteroatoms. The number of ketones is 4. The third kappa shape index (κ3) is 26.8. The van der Waals surface area contributed by atoms with Gasteiger partial charge in [-0.15, -0.1) is 0 Å². The molecule has 596 valence electrons. The summed E-state index contributed by atoms with van der Waals surface area (Å²) in [7, 11) is 0. The summed E-state index contributed by atoms with van der Waals surface area (Å²) in [5.41, 5.74) is 15.6. The second-order valence-electron chi connectivity index (χ2n) is 25.7. The Kier molecular flexibility index (Phi) is 33.5. The molecule has 0 saturated carbocycles. The number of carbonyl (C=O) groups excluding carboxylic acids is 8. The van der Waals surface area contributed by atoms with Crippen LogP contribution in [0.4, 0.5) is 17.6 Å². The Morgan fingerprint density at radius 3 is 0.929 bits per heavy atom. The fourth-order valence-electron chi connectivity index (χ4n) is 11.4. The molecule has 0 bridgehead atoms. The molecule has 3 aliphatic heterocycles. The van der Waals surface area contributed by atoms with Crippen LogP contribution in [0.2, 0.25) is 30.1 Å². The number of amides is 4. The van der Waals surface area contributed by atoms with Crippen molar-refractivity contribution in [2.24, 2.45) is 21.5 Å². The van der Waals surface area contributed by atoms with Crippen molar-refractivity contribution in [2.45, 2.75) is 116 Å². The summed E-state index contributed by atoms with van der Waals surface area (Å²) in [6.07, 6.45) is 2.84. The number of Topliss-reactive ketones (excluding diaryl/α,β-unsaturated/α-hetero) is 4. The summed E-state index contributed by atoms with van der Waals surface area (Å²) >= 11 is 34.7. The maximum Gasteiger partial charge on any atom is 0.288 e. The van der Waals surface area contributed by atoms with Crippen LogP contribution in [0.3, 0.4) is 0 Å². The second kappa shape index (κ2) is 43.0. The number of fused-ring (bicyclic) bond motifs is 3. The monoisotopic (exact) mass is 1670 g/mol. The van der Waals surface area contributed by atoms with Crippen LogP contribution in [0, 0.1) is 23.3 Å². The van der Waals surface area contributed by atoms with E-state index in [0.29, 0.717) is 123 Å². The molecule has 0 fully saturated rings. The van der Waals surface area contributed by atoms with Gasteiger partial charge in [-0.1, -0.05) is 145 Å². The van der Waals surface area contributed by atoms with Gasteiger partial charge < -0.3 is 61.2 Å². The summed E-state index contributed by atoms with van der Waals surface area (Å²) in [5.74, 6) is -3.70. The molecule has 0 spiro atoms. The van der Waals surface area contributed by atoms with Crippen LogP contribution in [0.15, 0.2) is 156 Å². The van der Waals surface area contributed by atoms with E-state index < -0.39 is 82.1 Å². The van der Waals surface area contributed by atoms with E-state index in [9.17, 15) is 55.9 Å². The van der Waals surface area contributed by atoms with Crippen molar-refractivity contribution < 1.29 is 84.3 Å². The lowest BCUT2D eigenvalue weighted by molar-refractivity contribution is -0.138. The smallest absolute Gasteiger partial charge is 0.288 e. The van der Waals surface area contributed by atoms with Gasteiger partial charge in [-0.3, -0.25) is 48.3 Å². The minimum Gasteiger partial charge on any atom is -0.454 e. The summed E-state index contributed by atoms with van der Waals surface area (Å²) in [6, 6.07) is 35.3. The van der Waals surface area contributed by atoms with Gasteiger partial charge in [-0.25, -0.2) is 17.6 Å². The van der Waals surface area contributed by atoms with Crippen LogP contribution in [0.25, 0.3) is 0 Å². The van der Waals surface area contributed by atoms with Gasteiger partial charge in [-0.05, 0) is 181 Å². The fourth-order valence-corrected chi connectivity index (χ4v) is 12.4. The van der Waals surface area contributed by atoms with Gasteiger partial charge in [0.05, 0.1) is 55.9 Å². The summed E-state index contributed by atoms with van der Waals surface area (Å²) < 4.78 is 86.2. The molecule has 8 aromatic carbocycles. The molecule has 11 rings (SSSR count). The first kappa shape index (κ1) is 88.1. The Morgan fingerprint density at radius 2 is 0.646 bits per heavy atom. The van der Waals surface area contributed by atoms with E-state index in [2.05, 4.69) is 31.3 Å². The lowest BCUT2D eigenvalue weighted by atomic mass is 10.0. The van der Waals surface area contributed by atoms with E-state index in [1.54, 1.807) is 62.4 Å². The highest BCUT2D eigenvalue weighted by Gasteiger charge is 2.28. The minimum atomic E-state index is -0.815. The highest BCUT2D eigenvalue weighted by molar-refractivity contribution is 6.39. The van der Waals surface area contributed by atoms with Crippen LogP contribution in [-0.4, -0.2) is 91.9 Å². The number of hydrogen-bond donors (Lipinski definition) is 6. The van der Waals surface area contributed by atoms with Crippen LogP contribution in [0.5, 0.6) is 34.5 Å². The van der Waals surface area contributed by atoms with Crippen molar-refractivity contribution in [2.75, 3.05) is 33.5 Å². The summed E-state index contributed by atoms with van der Waals surface area (Å²) in [4.78, 5) is 107. The van der Waals surface area contributed by atoms with Gasteiger partial charge in [0.15, 0.2) is 34.5 Å². The Bertz CT molecular complexity index is 4740. The maximum atomic E-state index is 13.6. The lowest BCUT2D eigenvalue weighted by Gasteiger charge is -2.19. The molecular formula is C81H78Cl6F4N8O14. The number of nitrogens with two attached hydrogens (primary N) is 2. The van der Waals surface area contributed by atoms with Gasteiger partial charge in [0.1, 0.15) is 23.3 Å². The fraction of sp³-hybridized carbons (Fsp3) is 0.284. The van der Waals surface area contributed by atoms with Gasteiger partial charge >= 0.3 is 0 Å². The van der Waals surface area contributed by atoms with E-state index in [4.69, 9.17) is 109 Å². The maximum absolute atomic E-state index is 13.6. The standard InChI is InChI=1S/C21H21ClFN3O4.C20H19Cl3FN3O2.2C20H19ClFNO4/c1-12(24)25-7-6-17(14-3-5-19-20(10-14)30-11-29-19)26-21(28)18(27)9-13-2-4-15(22)16(23)8-13;1-11(25)26-7-6-18(14-4-3-13(21)10-16(14)23)27-20(29)19(28)9-12-2-5-15(22)17(24)8-12;2*1-2-3-16(13-5-7-18-19(10-13)27-11-26-18)23-20(25)17(24)9-12-4-6-14(21)15(22)8-12/h2-5,8,10,17H,6-7,9,11H2,1H3,(H2,24,25)(H,26,28);2-5,8,10,18H,6-7,9H2,1H3,(H2,25,26)(H,27,29);2*4-8,10,16H,2-3,9,11H2,1H3,(H,23,25). The molecule has 0 aliphatic carbocycles. The number of carbonyl (C=O) groups is 8. The Labute approximate surface area is 678 Å². The largest absolute Gasteiger partial charge is 0.454 e.